The van der Waals surface area contributed by atoms with Gasteiger partial charge in [-0.3, -0.25) is 47.9 Å². The van der Waals surface area contributed by atoms with Crippen molar-refractivity contribution in [3.63, 3.8) is 0 Å². The summed E-state index contributed by atoms with van der Waals surface area (Å²) in [5.74, 6) is -9.85. The van der Waals surface area contributed by atoms with E-state index in [0.717, 1.165) is 17.2 Å². The number of aromatic amines is 3. The second-order valence-electron chi connectivity index (χ2n) is 24.8. The molecule has 16 N–H and O–H groups in total. The maximum atomic E-state index is 15.2. The minimum atomic E-state index is -2.05. The van der Waals surface area contributed by atoms with Gasteiger partial charge in [-0.05, 0) is 103 Å². The molecule has 5 heterocycles. The van der Waals surface area contributed by atoms with Crippen molar-refractivity contribution in [2.45, 2.75) is 137 Å². The fraction of sp³-hybridized carbons (Fsp3) is 0.397. The van der Waals surface area contributed by atoms with Crippen LogP contribution in [0.4, 0.5) is 8.78 Å². The summed E-state index contributed by atoms with van der Waals surface area (Å²) in [6.45, 7) is 2.33. The summed E-state index contributed by atoms with van der Waals surface area (Å²) in [7, 11) is 1.32. The van der Waals surface area contributed by atoms with Crippen molar-refractivity contribution >= 4 is 104 Å². The summed E-state index contributed by atoms with van der Waals surface area (Å²) in [6.07, 6.45) is 0.920. The summed E-state index contributed by atoms with van der Waals surface area (Å²) in [6, 6.07) is 10.0. The van der Waals surface area contributed by atoms with Crippen molar-refractivity contribution in [3.8, 4) is 5.75 Å². The molecule has 1 saturated heterocycles. The number of aromatic hydroxyl groups is 1. The van der Waals surface area contributed by atoms with Crippen LogP contribution < -0.4 is 48.3 Å². The van der Waals surface area contributed by atoms with Crippen LogP contribution in [-0.4, -0.2) is 191 Å². The van der Waals surface area contributed by atoms with Crippen LogP contribution >= 0.6 is 23.5 Å². The molecule has 4 aromatic carbocycles. The number of nitrogens with zero attached hydrogens (tertiary/aromatic N) is 2. The molecule has 32 heteroatoms. The summed E-state index contributed by atoms with van der Waals surface area (Å²) in [5.41, 5.74) is 8.44. The largest absolute Gasteiger partial charge is 0.508 e. The Morgan fingerprint density at radius 1 is 0.700 bits per heavy atom. The molecule has 9 amide bonds. The van der Waals surface area contributed by atoms with Gasteiger partial charge in [-0.2, -0.15) is 23.5 Å². The molecule has 7 aromatic rings. The molecule has 0 saturated carbocycles. The van der Waals surface area contributed by atoms with Gasteiger partial charge < -0.3 is 88.2 Å². The van der Waals surface area contributed by atoms with Crippen LogP contribution in [0.5, 0.6) is 5.75 Å². The smallest absolute Gasteiger partial charge is 0.305 e. The lowest BCUT2D eigenvalue weighted by Gasteiger charge is -2.38. The molecule has 9 rings (SSSR count). The predicted molar refractivity (Wildman–Crippen MR) is 366 cm³/mol. The van der Waals surface area contributed by atoms with Crippen molar-refractivity contribution in [2.24, 2.45) is 5.73 Å². The van der Waals surface area contributed by atoms with E-state index in [2.05, 4.69) is 62.5 Å². The van der Waals surface area contributed by atoms with Gasteiger partial charge in [0.05, 0.1) is 31.4 Å². The molecule has 0 aliphatic carbocycles. The SMILES string of the molecule is CO[C@@H](C)[C@@H]1NC(=O)CCSCc2cccc(c2)CSC[C@@H](C(N)O)NC(=O)[C@]2(C)CCCN2C(=O)[C@H](Cc2ccc(O)cc2)NC(=O)[C@H](Cc2cnc[nH]2)NC(=O)[C@H](CC(=O)O)NC(=O)[C@H](Cc2c[nH]c3ccc(F)cc23)NC(=O)[C@H](Cc2c[nH]c3ccc(F)cc23)NC(=O)CNC1=O. The number of ether oxygens (including phenoxy) is 1. The number of hydrogen-bond acceptors (Lipinski definition) is 17. The third-order valence-electron chi connectivity index (χ3n) is 17.5. The van der Waals surface area contributed by atoms with Crippen LogP contribution in [-0.2, 0) is 89.9 Å². The van der Waals surface area contributed by atoms with Gasteiger partial charge >= 0.3 is 5.97 Å². The maximum Gasteiger partial charge on any atom is 0.305 e. The number of rotatable bonds is 13. The molecule has 2 bridgehead atoms. The van der Waals surface area contributed by atoms with Crippen LogP contribution in [0.15, 0.2) is 110 Å². The fourth-order valence-corrected chi connectivity index (χ4v) is 13.9. The Bertz CT molecular complexity index is 4100. The number of carbonyl (C=O) groups is 10. The Morgan fingerprint density at radius 2 is 1.28 bits per heavy atom. The van der Waals surface area contributed by atoms with E-state index in [1.807, 2.05) is 24.3 Å². The number of thioether (sulfide) groups is 2. The average molecular weight is 1420 g/mol. The number of aliphatic hydroxyl groups is 1. The number of methoxy groups -OCH3 is 1. The summed E-state index contributed by atoms with van der Waals surface area (Å²) in [4.78, 5) is 158. The Hall–Kier alpha value is -9.89. The zero-order valence-electron chi connectivity index (χ0n) is 54.9. The Morgan fingerprint density at radius 3 is 1.87 bits per heavy atom. The lowest BCUT2D eigenvalue weighted by atomic mass is 9.95. The number of phenolic OH excluding ortho intramolecular Hbond substituents is 1. The molecule has 0 radical (unpaired) electrons. The zero-order chi connectivity index (χ0) is 71.8. The van der Waals surface area contributed by atoms with Gasteiger partial charge in [0, 0.05) is 115 Å². The molecule has 1 unspecified atom stereocenters. The quantitative estimate of drug-likeness (QED) is 0.0733. The van der Waals surface area contributed by atoms with E-state index in [9.17, 15) is 52.9 Å². The second-order valence-corrected chi connectivity index (χ2v) is 26.9. The number of imidazole rings is 1. The van der Waals surface area contributed by atoms with E-state index in [0.29, 0.717) is 51.2 Å². The van der Waals surface area contributed by atoms with Gasteiger partial charge in [0.25, 0.3) is 0 Å². The number of aliphatic carboxylic acids is 1. The van der Waals surface area contributed by atoms with Crippen LogP contribution in [0, 0.1) is 11.6 Å². The molecule has 100 heavy (non-hydrogen) atoms. The fourth-order valence-electron chi connectivity index (χ4n) is 11.9. The minimum Gasteiger partial charge on any atom is -0.508 e. The maximum absolute atomic E-state index is 15.2. The van der Waals surface area contributed by atoms with Gasteiger partial charge in [0.2, 0.25) is 53.2 Å². The van der Waals surface area contributed by atoms with E-state index in [-0.39, 0.29) is 66.8 Å². The molecule has 10 atom stereocenters. The number of phenols is 1. The minimum absolute atomic E-state index is 0.0251. The number of nitrogens with one attached hydrogen (secondary N) is 11. The summed E-state index contributed by atoms with van der Waals surface area (Å²) in [5, 5.41) is 52.9. The Balaban J connectivity index is 1.06. The first kappa shape index (κ1) is 74.3. The lowest BCUT2D eigenvalue weighted by molar-refractivity contribution is -0.147. The molecule has 3 aromatic heterocycles. The third-order valence-corrected chi connectivity index (χ3v) is 19.7. The van der Waals surface area contributed by atoms with Crippen molar-refractivity contribution in [3.05, 3.63) is 155 Å². The molecule has 2 aliphatic rings. The number of amides is 9. The highest BCUT2D eigenvalue weighted by Gasteiger charge is 2.49. The first-order valence-electron chi connectivity index (χ1n) is 32.2. The van der Waals surface area contributed by atoms with E-state index in [1.165, 1.54) is 122 Å². The van der Waals surface area contributed by atoms with Crippen LogP contribution in [0.2, 0.25) is 0 Å². The first-order valence-corrected chi connectivity index (χ1v) is 34.5. The molecule has 1 fully saturated rings. The third kappa shape index (κ3) is 19.7. The number of carboxylic acids is 1. The van der Waals surface area contributed by atoms with Gasteiger partial charge in [-0.25, -0.2) is 13.8 Å². The van der Waals surface area contributed by atoms with Crippen molar-refractivity contribution in [1.29, 1.82) is 0 Å². The number of fused-ring (bicyclic) bond motifs is 5. The van der Waals surface area contributed by atoms with E-state index in [4.69, 9.17) is 10.5 Å². The molecular weight excluding hydrogens is 1340 g/mol. The number of hydrogen-bond donors (Lipinski definition) is 15. The first-order chi connectivity index (χ1) is 47.8. The number of halogens is 2. The van der Waals surface area contributed by atoms with Gasteiger partial charge in [-0.1, -0.05) is 36.4 Å². The van der Waals surface area contributed by atoms with Crippen molar-refractivity contribution in [2.75, 3.05) is 31.7 Å². The van der Waals surface area contributed by atoms with E-state index < -0.39 is 150 Å². The monoisotopic (exact) mass is 1420 g/mol. The normalized spacial score (nSPS) is 23.5. The molecule has 2 aliphatic heterocycles. The number of nitrogens with two attached hydrogens (primary N) is 1. The summed E-state index contributed by atoms with van der Waals surface area (Å²) < 4.78 is 35.2. The van der Waals surface area contributed by atoms with E-state index in [1.54, 1.807) is 6.92 Å². The number of aliphatic hydroxyl groups excluding tert-OH is 1. The number of carboxylic acid groups (broad SMARTS) is 1. The van der Waals surface area contributed by atoms with E-state index >= 15 is 19.2 Å². The molecule has 28 nitrogen and oxygen atoms in total. The number of carbonyl (C=O) groups excluding carboxylic acids is 9. The highest BCUT2D eigenvalue weighted by molar-refractivity contribution is 7.98. The average Bonchev–Trinajstić information content (AvgIpc) is 1.58. The molecular formula is C68H80F2N14O14S2. The lowest BCUT2D eigenvalue weighted by Crippen LogP contribution is -2.64. The molecule has 532 valence electrons. The standard InChI is InChI=1S/C68H80F2N14O14S2/c1-36(98-3)59-65(95)75-31-57(87)77-50(22-40-28-73-48-14-10-42(69)24-46(40)48)61(91)78-51(23-41-29-74-49-15-11-43(70)25-47(41)49)62(92)80-53(27-58(88)89)64(94)79-52(26-44-30-72-35-76-44)63(93)81-54(21-37-8-12-45(85)13-9-37)66(96)84-18-5-17-68(84,2)67(97)82-55(60(71)90)34-100-33-39-7-4-6-38(20-39)32-99-19-16-56(86)83-59/h4,6-15,20,24-25,28-30,35-36,50-55,59-60,73-74,85,90H,5,16-19,21-23,26-27,31-34,71H2,1-3H3,(H,72,76)(H,75,95)(H,77,87)(H,78,91)(H,79,94)(H,80,92)(H,81,93)(H,82,97)(H,83,86)(H,88,89)/t36-,50-,51-,52-,53-,54-,55-,59-,60?,68-/m0/s1. The predicted octanol–water partition coefficient (Wildman–Crippen LogP) is 1.87. The van der Waals surface area contributed by atoms with Crippen LogP contribution in [0.1, 0.15) is 73.0 Å². The van der Waals surface area contributed by atoms with Gasteiger partial charge in [-0.15, -0.1) is 0 Å². The van der Waals surface area contributed by atoms with Gasteiger partial charge in [0.15, 0.2) is 0 Å². The molecule has 0 spiro atoms. The van der Waals surface area contributed by atoms with Crippen molar-refractivity contribution in [1.82, 2.24) is 67.4 Å². The highest BCUT2D eigenvalue weighted by Crippen LogP contribution is 2.32. The number of benzene rings is 4. The number of H-pyrrole nitrogens is 3. The topological polar surface area (TPSA) is 426 Å². The number of aromatic nitrogens is 4. The Kier molecular flexibility index (Phi) is 25.5. The summed E-state index contributed by atoms with van der Waals surface area (Å²) >= 11 is 2.83. The van der Waals surface area contributed by atoms with Crippen LogP contribution in [0.3, 0.4) is 0 Å². The second kappa shape index (κ2) is 34.3. The Labute approximate surface area is 581 Å². The van der Waals surface area contributed by atoms with Gasteiger partial charge in [0.1, 0.15) is 65.4 Å². The highest BCUT2D eigenvalue weighted by atomic mass is 32.2. The van der Waals surface area contributed by atoms with Crippen LogP contribution in [0.25, 0.3) is 21.8 Å². The zero-order valence-corrected chi connectivity index (χ0v) is 56.5. The van der Waals surface area contributed by atoms with Crippen molar-refractivity contribution < 1.29 is 76.8 Å².